The number of amides is 1. The van der Waals surface area contributed by atoms with Crippen LogP contribution in [0.4, 0.5) is 5.69 Å². The second-order valence-corrected chi connectivity index (χ2v) is 7.98. The normalized spacial score (nSPS) is 11.4. The smallest absolute Gasteiger partial charge is 0.230 e. The summed E-state index contributed by atoms with van der Waals surface area (Å²) >= 11 is 6.50. The number of hydrogen-bond donors (Lipinski definition) is 2. The molecule has 1 heterocycles. The van der Waals surface area contributed by atoms with Crippen LogP contribution in [0.15, 0.2) is 48.8 Å². The first-order valence-electron chi connectivity index (χ1n) is 10.7. The van der Waals surface area contributed by atoms with Crippen molar-refractivity contribution in [1.82, 2.24) is 15.3 Å². The first-order valence-corrected chi connectivity index (χ1v) is 11.1. The Labute approximate surface area is 203 Å². The molecule has 9 heteroatoms. The summed E-state index contributed by atoms with van der Waals surface area (Å²) in [6, 6.07) is 13.5. The van der Waals surface area contributed by atoms with E-state index >= 15 is 0 Å². The highest BCUT2D eigenvalue weighted by Gasteiger charge is 2.14. The highest BCUT2D eigenvalue weighted by atomic mass is 35.5. The van der Waals surface area contributed by atoms with Crippen molar-refractivity contribution in [3.8, 4) is 17.6 Å². The number of carbonyl (C=O) groups is 1. The average Bonchev–Trinajstić information content (AvgIpc) is 2.85. The molecule has 0 saturated heterocycles. The van der Waals surface area contributed by atoms with Crippen LogP contribution in [-0.2, 0) is 17.6 Å². The predicted octanol–water partition coefficient (Wildman–Crippen LogP) is 4.09. The third kappa shape index (κ3) is 6.67. The van der Waals surface area contributed by atoms with E-state index in [1.54, 1.807) is 20.3 Å². The number of carbonyl (C=O) groups excluding carboxylic acids is 1. The molecule has 0 aliphatic heterocycles. The zero-order valence-corrected chi connectivity index (χ0v) is 20.0. The largest absolute Gasteiger partial charge is 0.497 e. The first-order chi connectivity index (χ1) is 16.4. The van der Waals surface area contributed by atoms with E-state index in [9.17, 15) is 4.79 Å². The zero-order chi connectivity index (χ0) is 24.5. The lowest BCUT2D eigenvalue weighted by Gasteiger charge is -2.16. The fourth-order valence-electron chi connectivity index (χ4n) is 3.35. The number of hydrogen-bond acceptors (Lipinski definition) is 7. The van der Waals surface area contributed by atoms with Gasteiger partial charge in [-0.3, -0.25) is 9.78 Å². The summed E-state index contributed by atoms with van der Waals surface area (Å²) in [5.74, 6) is 1.05. The standard InChI is InChI=1S/C25H26ClN5O3/c1-16(17-4-6-21(33-2)7-5-17)28-9-8-18-10-24(34-3)23(12-22(18)26)31-25(32)11-19-14-30-20(13-27)15-29-19/h4-7,10,12,14-16,28H,8-9,11H2,1-3H3,(H,31,32)/t16-/m0/s1. The Bertz CT molecular complexity index is 1160. The van der Waals surface area contributed by atoms with Crippen molar-refractivity contribution >= 4 is 23.2 Å². The van der Waals surface area contributed by atoms with Crippen molar-refractivity contribution in [2.45, 2.75) is 25.8 Å². The third-order valence-corrected chi connectivity index (χ3v) is 5.62. The summed E-state index contributed by atoms with van der Waals surface area (Å²) in [6.45, 7) is 2.81. The molecule has 1 amide bonds. The van der Waals surface area contributed by atoms with Gasteiger partial charge in [0.1, 0.15) is 17.6 Å². The molecule has 34 heavy (non-hydrogen) atoms. The van der Waals surface area contributed by atoms with Crippen LogP contribution in [0.2, 0.25) is 5.02 Å². The Morgan fingerprint density at radius 2 is 1.91 bits per heavy atom. The van der Waals surface area contributed by atoms with Gasteiger partial charge >= 0.3 is 0 Å². The average molecular weight is 480 g/mol. The molecule has 0 radical (unpaired) electrons. The minimum atomic E-state index is -0.295. The van der Waals surface area contributed by atoms with E-state index in [-0.39, 0.29) is 24.1 Å². The summed E-state index contributed by atoms with van der Waals surface area (Å²) < 4.78 is 10.7. The van der Waals surface area contributed by atoms with Crippen LogP contribution in [0.1, 0.15) is 35.5 Å². The summed E-state index contributed by atoms with van der Waals surface area (Å²) in [4.78, 5) is 20.5. The zero-order valence-electron chi connectivity index (χ0n) is 19.3. The molecule has 176 valence electrons. The molecule has 0 bridgehead atoms. The van der Waals surface area contributed by atoms with Gasteiger partial charge in [-0.1, -0.05) is 23.7 Å². The maximum atomic E-state index is 12.5. The van der Waals surface area contributed by atoms with Crippen LogP contribution in [-0.4, -0.2) is 36.6 Å². The molecule has 0 unspecified atom stereocenters. The second-order valence-electron chi connectivity index (χ2n) is 7.57. The number of benzene rings is 2. The van der Waals surface area contributed by atoms with Gasteiger partial charge in [0.15, 0.2) is 5.69 Å². The van der Waals surface area contributed by atoms with Gasteiger partial charge in [-0.05, 0) is 55.3 Å². The van der Waals surface area contributed by atoms with E-state index in [2.05, 4.69) is 27.5 Å². The number of nitriles is 1. The molecule has 1 aromatic heterocycles. The van der Waals surface area contributed by atoms with E-state index in [0.29, 0.717) is 35.1 Å². The number of nitrogens with zero attached hydrogens (tertiary/aromatic N) is 3. The molecule has 0 aliphatic rings. The second kappa shape index (κ2) is 12.0. The number of methoxy groups -OCH3 is 2. The SMILES string of the molecule is COc1ccc([C@H](C)NCCc2cc(OC)c(NC(=O)Cc3cnc(C#N)cn3)cc2Cl)cc1. The van der Waals surface area contributed by atoms with Gasteiger partial charge in [0.25, 0.3) is 0 Å². The van der Waals surface area contributed by atoms with Crippen molar-refractivity contribution in [3.63, 3.8) is 0 Å². The predicted molar refractivity (Wildman–Crippen MR) is 130 cm³/mol. The van der Waals surface area contributed by atoms with Gasteiger partial charge in [0, 0.05) is 11.1 Å². The van der Waals surface area contributed by atoms with E-state index < -0.39 is 0 Å². The molecule has 0 fully saturated rings. The number of aromatic nitrogens is 2. The Kier molecular flexibility index (Phi) is 8.79. The number of rotatable bonds is 10. The van der Waals surface area contributed by atoms with Crippen LogP contribution in [0, 0.1) is 11.3 Å². The molecule has 2 aromatic carbocycles. The van der Waals surface area contributed by atoms with Crippen molar-refractivity contribution in [1.29, 1.82) is 5.26 Å². The molecular formula is C25H26ClN5O3. The van der Waals surface area contributed by atoms with Crippen LogP contribution in [0.5, 0.6) is 11.5 Å². The quantitative estimate of drug-likeness (QED) is 0.450. The minimum Gasteiger partial charge on any atom is -0.497 e. The number of ether oxygens (including phenoxy) is 2. The van der Waals surface area contributed by atoms with Crippen LogP contribution >= 0.6 is 11.6 Å². The Morgan fingerprint density at radius 1 is 1.15 bits per heavy atom. The van der Waals surface area contributed by atoms with Crippen molar-refractivity contribution in [2.75, 3.05) is 26.1 Å². The number of anilines is 1. The molecule has 1 atom stereocenters. The molecule has 3 aromatic rings. The van der Waals surface area contributed by atoms with Gasteiger partial charge in [-0.2, -0.15) is 5.26 Å². The van der Waals surface area contributed by atoms with Crippen molar-refractivity contribution in [2.24, 2.45) is 0 Å². The maximum absolute atomic E-state index is 12.5. The maximum Gasteiger partial charge on any atom is 0.230 e. The fraction of sp³-hybridized carbons (Fsp3) is 0.280. The molecule has 8 nitrogen and oxygen atoms in total. The summed E-state index contributed by atoms with van der Waals surface area (Å²) in [6.07, 6.45) is 3.43. The van der Waals surface area contributed by atoms with Crippen LogP contribution in [0.25, 0.3) is 0 Å². The Morgan fingerprint density at radius 3 is 2.53 bits per heavy atom. The number of nitrogens with one attached hydrogen (secondary N) is 2. The van der Waals surface area contributed by atoms with Gasteiger partial charge in [-0.15, -0.1) is 0 Å². The first kappa shape index (κ1) is 25.0. The van der Waals surface area contributed by atoms with E-state index in [1.807, 2.05) is 36.4 Å². The van der Waals surface area contributed by atoms with Crippen molar-refractivity contribution < 1.29 is 14.3 Å². The lowest BCUT2D eigenvalue weighted by molar-refractivity contribution is -0.115. The highest BCUT2D eigenvalue weighted by molar-refractivity contribution is 6.31. The third-order valence-electron chi connectivity index (χ3n) is 5.26. The summed E-state index contributed by atoms with van der Waals surface area (Å²) in [5, 5.41) is 15.6. The van der Waals surface area contributed by atoms with Crippen molar-refractivity contribution in [3.05, 3.63) is 76.3 Å². The minimum absolute atomic E-state index is 0.00834. The van der Waals surface area contributed by atoms with Gasteiger partial charge in [-0.25, -0.2) is 4.98 Å². The summed E-state index contributed by atoms with van der Waals surface area (Å²) in [5.41, 5.74) is 3.19. The molecule has 3 rings (SSSR count). The van der Waals surface area contributed by atoms with Crippen LogP contribution < -0.4 is 20.1 Å². The highest BCUT2D eigenvalue weighted by Crippen LogP contribution is 2.32. The number of halogens is 1. The van der Waals surface area contributed by atoms with Gasteiger partial charge < -0.3 is 20.1 Å². The van der Waals surface area contributed by atoms with Crippen LogP contribution in [0.3, 0.4) is 0 Å². The molecule has 0 spiro atoms. The lowest BCUT2D eigenvalue weighted by atomic mass is 10.1. The monoisotopic (exact) mass is 479 g/mol. The van der Waals surface area contributed by atoms with Gasteiger partial charge in [0.2, 0.25) is 5.91 Å². The Hall–Kier alpha value is -3.67. The molecule has 0 aliphatic carbocycles. The molecular weight excluding hydrogens is 454 g/mol. The van der Waals surface area contributed by atoms with E-state index in [0.717, 1.165) is 16.9 Å². The Balaban J connectivity index is 1.59. The topological polar surface area (TPSA) is 109 Å². The molecule has 2 N–H and O–H groups in total. The van der Waals surface area contributed by atoms with Gasteiger partial charge in [0.05, 0.1) is 44.4 Å². The van der Waals surface area contributed by atoms with E-state index in [1.165, 1.54) is 12.4 Å². The summed E-state index contributed by atoms with van der Waals surface area (Å²) in [7, 11) is 3.19. The fourth-order valence-corrected chi connectivity index (χ4v) is 3.61. The van der Waals surface area contributed by atoms with E-state index in [4.69, 9.17) is 26.3 Å². The molecule has 0 saturated carbocycles. The lowest BCUT2D eigenvalue weighted by Crippen LogP contribution is -2.21.